The first-order valence-corrected chi connectivity index (χ1v) is 7.30. The third-order valence-electron chi connectivity index (χ3n) is 3.94. The number of primary amides is 1. The van der Waals surface area contributed by atoms with E-state index in [1.54, 1.807) is 37.3 Å². The van der Waals surface area contributed by atoms with Crippen LogP contribution >= 0.6 is 0 Å². The molecule has 7 nitrogen and oxygen atoms in total. The average molecular weight is 306 g/mol. The summed E-state index contributed by atoms with van der Waals surface area (Å²) < 4.78 is 5.40. The van der Waals surface area contributed by atoms with Gasteiger partial charge in [0.25, 0.3) is 5.91 Å². The van der Waals surface area contributed by atoms with E-state index in [1.165, 1.54) is 0 Å². The molecule has 2 rings (SSSR count). The van der Waals surface area contributed by atoms with Gasteiger partial charge in [0.1, 0.15) is 11.5 Å². The summed E-state index contributed by atoms with van der Waals surface area (Å²) in [5.74, 6) is 0.0526. The maximum atomic E-state index is 12.6. The Hall–Kier alpha value is -2.15. The van der Waals surface area contributed by atoms with Crippen LogP contribution in [0.3, 0.4) is 0 Å². The predicted molar refractivity (Wildman–Crippen MR) is 82.4 cm³/mol. The molecule has 3 N–H and O–H groups in total. The van der Waals surface area contributed by atoms with Gasteiger partial charge in [0.2, 0.25) is 5.91 Å². The Morgan fingerprint density at radius 2 is 2.27 bits per heavy atom. The van der Waals surface area contributed by atoms with Crippen LogP contribution in [0.2, 0.25) is 0 Å². The third-order valence-corrected chi connectivity index (χ3v) is 3.94. The number of nitrogens with two attached hydrogens (primary N) is 1. The van der Waals surface area contributed by atoms with Gasteiger partial charge in [-0.25, -0.2) is 4.98 Å². The molecule has 0 aromatic carbocycles. The lowest BCUT2D eigenvalue weighted by Crippen LogP contribution is -2.47. The van der Waals surface area contributed by atoms with E-state index in [1.807, 2.05) is 0 Å². The highest BCUT2D eigenvalue weighted by Gasteiger charge is 2.33. The van der Waals surface area contributed by atoms with Gasteiger partial charge in [0, 0.05) is 39.6 Å². The SMILES string of the molecule is CNc1cccc(C(=O)N2CC[C@@H](OC)[C@H](CC(N)=O)C2)n1. The quantitative estimate of drug-likeness (QED) is 0.824. The topological polar surface area (TPSA) is 97.5 Å². The van der Waals surface area contributed by atoms with Crippen molar-refractivity contribution in [3.8, 4) is 0 Å². The minimum atomic E-state index is -0.378. The zero-order valence-electron chi connectivity index (χ0n) is 12.9. The van der Waals surface area contributed by atoms with E-state index < -0.39 is 0 Å². The zero-order chi connectivity index (χ0) is 16.1. The number of likely N-dealkylation sites (tertiary alicyclic amines) is 1. The molecule has 2 amide bonds. The second-order valence-electron chi connectivity index (χ2n) is 5.40. The first-order chi connectivity index (χ1) is 10.5. The summed E-state index contributed by atoms with van der Waals surface area (Å²) in [6.07, 6.45) is 0.853. The molecule has 1 aliphatic heterocycles. The summed E-state index contributed by atoms with van der Waals surface area (Å²) in [6, 6.07) is 5.27. The molecule has 2 heterocycles. The van der Waals surface area contributed by atoms with Crippen molar-refractivity contribution in [1.29, 1.82) is 0 Å². The van der Waals surface area contributed by atoms with Gasteiger partial charge < -0.3 is 20.7 Å². The summed E-state index contributed by atoms with van der Waals surface area (Å²) >= 11 is 0. The highest BCUT2D eigenvalue weighted by molar-refractivity contribution is 5.92. The number of amides is 2. The number of piperidine rings is 1. The molecule has 0 saturated carbocycles. The van der Waals surface area contributed by atoms with Gasteiger partial charge in [-0.3, -0.25) is 9.59 Å². The average Bonchev–Trinajstić information content (AvgIpc) is 2.53. The van der Waals surface area contributed by atoms with E-state index in [0.717, 1.165) is 0 Å². The highest BCUT2D eigenvalue weighted by Crippen LogP contribution is 2.23. The van der Waals surface area contributed by atoms with Crippen molar-refractivity contribution >= 4 is 17.6 Å². The largest absolute Gasteiger partial charge is 0.381 e. The van der Waals surface area contributed by atoms with Gasteiger partial charge in [-0.2, -0.15) is 0 Å². The van der Waals surface area contributed by atoms with Gasteiger partial charge in [-0.05, 0) is 18.6 Å². The Labute approximate surface area is 129 Å². The number of rotatable bonds is 5. The predicted octanol–water partition coefficient (Wildman–Crippen LogP) is 0.476. The minimum absolute atomic E-state index is 0.0480. The molecule has 1 aromatic rings. The van der Waals surface area contributed by atoms with Crippen LogP contribution in [-0.2, 0) is 9.53 Å². The van der Waals surface area contributed by atoms with Gasteiger partial charge >= 0.3 is 0 Å². The number of methoxy groups -OCH3 is 1. The van der Waals surface area contributed by atoms with Crippen molar-refractivity contribution in [2.24, 2.45) is 11.7 Å². The Morgan fingerprint density at radius 3 is 2.91 bits per heavy atom. The number of carbonyl (C=O) groups is 2. The standard InChI is InChI=1S/C15H22N4O3/c1-17-14-5-3-4-11(18-14)15(21)19-7-6-12(22-2)10(9-19)8-13(16)20/h3-5,10,12H,6-9H2,1-2H3,(H2,16,20)(H,17,18)/t10-,12-/m1/s1. The van der Waals surface area contributed by atoms with Crippen molar-refractivity contribution in [2.45, 2.75) is 18.9 Å². The van der Waals surface area contributed by atoms with Crippen LogP contribution in [0.15, 0.2) is 18.2 Å². The second kappa shape index (κ2) is 7.22. The fourth-order valence-electron chi connectivity index (χ4n) is 2.81. The van der Waals surface area contributed by atoms with E-state index in [2.05, 4.69) is 10.3 Å². The number of ether oxygens (including phenoxy) is 1. The zero-order valence-corrected chi connectivity index (χ0v) is 12.9. The summed E-state index contributed by atoms with van der Waals surface area (Å²) in [4.78, 5) is 29.8. The second-order valence-corrected chi connectivity index (χ2v) is 5.40. The van der Waals surface area contributed by atoms with Crippen LogP contribution in [0.4, 0.5) is 5.82 Å². The molecule has 0 unspecified atom stereocenters. The Kier molecular flexibility index (Phi) is 5.32. The molecule has 0 aliphatic carbocycles. The van der Waals surface area contributed by atoms with Gasteiger partial charge in [-0.15, -0.1) is 0 Å². The van der Waals surface area contributed by atoms with Crippen molar-refractivity contribution in [2.75, 3.05) is 32.6 Å². The van der Waals surface area contributed by atoms with Crippen molar-refractivity contribution < 1.29 is 14.3 Å². The van der Waals surface area contributed by atoms with E-state index in [0.29, 0.717) is 31.0 Å². The van der Waals surface area contributed by atoms with E-state index in [-0.39, 0.29) is 30.3 Å². The van der Waals surface area contributed by atoms with Crippen molar-refractivity contribution in [3.63, 3.8) is 0 Å². The maximum absolute atomic E-state index is 12.6. The van der Waals surface area contributed by atoms with Crippen LogP contribution < -0.4 is 11.1 Å². The Bertz CT molecular complexity index is 549. The lowest BCUT2D eigenvalue weighted by molar-refractivity contribution is -0.121. The number of aromatic nitrogens is 1. The molecule has 0 spiro atoms. The van der Waals surface area contributed by atoms with Crippen LogP contribution in [0.25, 0.3) is 0 Å². The molecule has 22 heavy (non-hydrogen) atoms. The van der Waals surface area contributed by atoms with Crippen LogP contribution in [0.5, 0.6) is 0 Å². The number of carbonyl (C=O) groups excluding carboxylic acids is 2. The number of hydrogen-bond donors (Lipinski definition) is 2. The number of pyridine rings is 1. The third kappa shape index (κ3) is 3.73. The van der Waals surface area contributed by atoms with Gasteiger partial charge in [-0.1, -0.05) is 6.07 Å². The van der Waals surface area contributed by atoms with Crippen LogP contribution in [-0.4, -0.2) is 55.0 Å². The molecule has 7 heteroatoms. The fourth-order valence-corrected chi connectivity index (χ4v) is 2.81. The first-order valence-electron chi connectivity index (χ1n) is 7.30. The number of nitrogens with one attached hydrogen (secondary N) is 1. The molecule has 1 aliphatic rings. The summed E-state index contributed by atoms with van der Waals surface area (Å²) in [5, 5.41) is 2.91. The Morgan fingerprint density at radius 1 is 1.50 bits per heavy atom. The Balaban J connectivity index is 2.11. The number of anilines is 1. The molecule has 0 bridgehead atoms. The molecule has 1 aromatic heterocycles. The molecule has 120 valence electrons. The number of nitrogens with zero attached hydrogens (tertiary/aromatic N) is 2. The van der Waals surface area contributed by atoms with E-state index in [4.69, 9.17) is 10.5 Å². The lowest BCUT2D eigenvalue weighted by Gasteiger charge is -2.37. The van der Waals surface area contributed by atoms with E-state index in [9.17, 15) is 9.59 Å². The highest BCUT2D eigenvalue weighted by atomic mass is 16.5. The minimum Gasteiger partial charge on any atom is -0.381 e. The molecule has 2 atom stereocenters. The maximum Gasteiger partial charge on any atom is 0.272 e. The van der Waals surface area contributed by atoms with E-state index >= 15 is 0 Å². The van der Waals surface area contributed by atoms with Gasteiger partial charge in [0.05, 0.1) is 6.10 Å². The molecular weight excluding hydrogens is 284 g/mol. The summed E-state index contributed by atoms with van der Waals surface area (Å²) in [6.45, 7) is 1.03. The molecule has 0 radical (unpaired) electrons. The summed E-state index contributed by atoms with van der Waals surface area (Å²) in [5.41, 5.74) is 5.68. The smallest absolute Gasteiger partial charge is 0.272 e. The van der Waals surface area contributed by atoms with Crippen LogP contribution in [0.1, 0.15) is 23.3 Å². The first kappa shape index (κ1) is 16.2. The lowest BCUT2D eigenvalue weighted by atomic mass is 9.91. The van der Waals surface area contributed by atoms with Crippen molar-refractivity contribution in [1.82, 2.24) is 9.88 Å². The normalized spacial score (nSPS) is 21.5. The molecule has 1 saturated heterocycles. The van der Waals surface area contributed by atoms with Crippen molar-refractivity contribution in [3.05, 3.63) is 23.9 Å². The molecular formula is C15H22N4O3. The van der Waals surface area contributed by atoms with Gasteiger partial charge in [0.15, 0.2) is 0 Å². The van der Waals surface area contributed by atoms with Crippen LogP contribution in [0, 0.1) is 5.92 Å². The molecule has 1 fully saturated rings. The monoisotopic (exact) mass is 306 g/mol. The fraction of sp³-hybridized carbons (Fsp3) is 0.533. The number of hydrogen-bond acceptors (Lipinski definition) is 5. The summed E-state index contributed by atoms with van der Waals surface area (Å²) in [7, 11) is 3.37.